The van der Waals surface area contributed by atoms with E-state index in [0.29, 0.717) is 5.92 Å². The maximum atomic E-state index is 12.3. The van der Waals surface area contributed by atoms with Crippen LogP contribution in [0.15, 0.2) is 0 Å². The van der Waals surface area contributed by atoms with Crippen LogP contribution in [0.2, 0.25) is 0 Å². The fraction of sp³-hybridized carbons (Fsp3) is 1.00. The second kappa shape index (κ2) is 4.89. The molecule has 3 heteroatoms. The molecule has 13 heavy (non-hydrogen) atoms. The van der Waals surface area contributed by atoms with E-state index in [1.165, 1.54) is 19.3 Å². The normalized spacial score (nSPS) is 24.7. The summed E-state index contributed by atoms with van der Waals surface area (Å²) in [6.45, 7) is 1.87. The molecule has 1 saturated carbocycles. The van der Waals surface area contributed by atoms with E-state index in [1.54, 1.807) is 0 Å². The Morgan fingerprint density at radius 2 is 1.69 bits per heavy atom. The average Bonchev–Trinajstić information content (AvgIpc) is 2.17. The lowest BCUT2D eigenvalue weighted by atomic mass is 9.78. The molecule has 0 bridgehead atoms. The zero-order valence-electron chi connectivity index (χ0n) is 8.18. The molecule has 1 nitrogen and oxygen atoms in total. The van der Waals surface area contributed by atoms with Crippen LogP contribution in [0.3, 0.4) is 0 Å². The minimum Gasteiger partial charge on any atom is -0.323 e. The van der Waals surface area contributed by atoms with E-state index in [9.17, 15) is 8.78 Å². The van der Waals surface area contributed by atoms with E-state index in [1.807, 2.05) is 6.92 Å². The molecular formula is C10H19F2N. The fourth-order valence-electron chi connectivity index (χ4n) is 2.20. The van der Waals surface area contributed by atoms with E-state index in [-0.39, 0.29) is 5.92 Å². The smallest absolute Gasteiger partial charge is 0.253 e. The highest BCUT2D eigenvalue weighted by atomic mass is 19.3. The van der Waals surface area contributed by atoms with Gasteiger partial charge < -0.3 is 5.73 Å². The van der Waals surface area contributed by atoms with E-state index in [2.05, 4.69) is 0 Å². The molecule has 2 atom stereocenters. The summed E-state index contributed by atoms with van der Waals surface area (Å²) >= 11 is 0. The first-order chi connectivity index (χ1) is 6.13. The highest BCUT2D eigenvalue weighted by Crippen LogP contribution is 2.32. The van der Waals surface area contributed by atoms with Gasteiger partial charge in [0.1, 0.15) is 0 Å². The Bertz CT molecular complexity index is 144. The van der Waals surface area contributed by atoms with Crippen LogP contribution >= 0.6 is 0 Å². The van der Waals surface area contributed by atoms with Crippen molar-refractivity contribution in [2.75, 3.05) is 0 Å². The molecule has 2 N–H and O–H groups in total. The molecule has 0 spiro atoms. The SMILES string of the molecule is CC(C1CCCCC1)C(N)C(F)F. The van der Waals surface area contributed by atoms with Crippen molar-refractivity contribution in [3.63, 3.8) is 0 Å². The van der Waals surface area contributed by atoms with Crippen molar-refractivity contribution in [3.8, 4) is 0 Å². The Morgan fingerprint density at radius 1 is 1.15 bits per heavy atom. The lowest BCUT2D eigenvalue weighted by molar-refractivity contribution is 0.0687. The van der Waals surface area contributed by atoms with Crippen LogP contribution in [-0.4, -0.2) is 12.5 Å². The Morgan fingerprint density at radius 3 is 2.15 bits per heavy atom. The molecule has 1 rings (SSSR count). The van der Waals surface area contributed by atoms with Gasteiger partial charge in [0.2, 0.25) is 0 Å². The van der Waals surface area contributed by atoms with Crippen LogP contribution in [-0.2, 0) is 0 Å². The first-order valence-corrected chi connectivity index (χ1v) is 5.16. The molecule has 0 amide bonds. The first kappa shape index (κ1) is 10.9. The van der Waals surface area contributed by atoms with Crippen molar-refractivity contribution in [2.45, 2.75) is 51.5 Å². The number of halogens is 2. The molecule has 0 aliphatic heterocycles. The van der Waals surface area contributed by atoms with Crippen molar-refractivity contribution in [3.05, 3.63) is 0 Å². The maximum Gasteiger partial charge on any atom is 0.253 e. The Hall–Kier alpha value is -0.180. The predicted molar refractivity (Wildman–Crippen MR) is 49.7 cm³/mol. The summed E-state index contributed by atoms with van der Waals surface area (Å²) in [4.78, 5) is 0. The summed E-state index contributed by atoms with van der Waals surface area (Å²) in [6.07, 6.45) is 3.43. The van der Waals surface area contributed by atoms with Gasteiger partial charge in [-0.25, -0.2) is 8.78 Å². The number of alkyl halides is 2. The van der Waals surface area contributed by atoms with Crippen LogP contribution < -0.4 is 5.73 Å². The van der Waals surface area contributed by atoms with E-state index < -0.39 is 12.5 Å². The fourth-order valence-corrected chi connectivity index (χ4v) is 2.20. The van der Waals surface area contributed by atoms with Gasteiger partial charge in [0, 0.05) is 0 Å². The van der Waals surface area contributed by atoms with Crippen LogP contribution in [0.1, 0.15) is 39.0 Å². The van der Waals surface area contributed by atoms with E-state index in [4.69, 9.17) is 5.73 Å². The second-order valence-corrected chi connectivity index (χ2v) is 4.17. The quantitative estimate of drug-likeness (QED) is 0.729. The van der Waals surface area contributed by atoms with E-state index >= 15 is 0 Å². The summed E-state index contributed by atoms with van der Waals surface area (Å²) in [5, 5.41) is 0. The minimum atomic E-state index is -2.36. The van der Waals surface area contributed by atoms with Crippen molar-refractivity contribution >= 4 is 0 Å². The summed E-state index contributed by atoms with van der Waals surface area (Å²) in [5.74, 6) is 0.401. The topological polar surface area (TPSA) is 26.0 Å². The number of rotatable bonds is 3. The summed E-state index contributed by atoms with van der Waals surface area (Å²) < 4.78 is 24.6. The van der Waals surface area contributed by atoms with Crippen molar-refractivity contribution < 1.29 is 8.78 Å². The van der Waals surface area contributed by atoms with Gasteiger partial charge in [0.05, 0.1) is 6.04 Å². The molecule has 78 valence electrons. The summed E-state index contributed by atoms with van der Waals surface area (Å²) in [5.41, 5.74) is 5.44. The predicted octanol–water partition coefficient (Wildman–Crippen LogP) is 2.80. The van der Waals surface area contributed by atoms with E-state index in [0.717, 1.165) is 12.8 Å². The summed E-state index contributed by atoms with van der Waals surface area (Å²) in [7, 11) is 0. The molecule has 0 heterocycles. The van der Waals surface area contributed by atoms with Gasteiger partial charge in [-0.15, -0.1) is 0 Å². The maximum absolute atomic E-state index is 12.3. The van der Waals surface area contributed by atoms with Crippen molar-refractivity contribution in [1.29, 1.82) is 0 Å². The highest BCUT2D eigenvalue weighted by molar-refractivity contribution is 4.80. The van der Waals surface area contributed by atoms with Crippen LogP contribution in [0.4, 0.5) is 8.78 Å². The van der Waals surface area contributed by atoms with Gasteiger partial charge >= 0.3 is 0 Å². The molecule has 1 aliphatic carbocycles. The Balaban J connectivity index is 2.40. The van der Waals surface area contributed by atoms with Crippen LogP contribution in [0.5, 0.6) is 0 Å². The van der Waals surface area contributed by atoms with Crippen molar-refractivity contribution in [1.82, 2.24) is 0 Å². The molecule has 1 fully saturated rings. The highest BCUT2D eigenvalue weighted by Gasteiger charge is 2.29. The Kier molecular flexibility index (Phi) is 4.10. The monoisotopic (exact) mass is 191 g/mol. The van der Waals surface area contributed by atoms with Gasteiger partial charge in [0.25, 0.3) is 6.43 Å². The third kappa shape index (κ3) is 2.90. The standard InChI is InChI=1S/C10H19F2N/c1-7(9(13)10(11)12)8-5-3-2-4-6-8/h7-10H,2-6,13H2,1H3. The van der Waals surface area contributed by atoms with Gasteiger partial charge in [-0.05, 0) is 11.8 Å². The van der Waals surface area contributed by atoms with Crippen LogP contribution in [0, 0.1) is 11.8 Å². The molecule has 0 saturated heterocycles. The number of hydrogen-bond donors (Lipinski definition) is 1. The first-order valence-electron chi connectivity index (χ1n) is 5.16. The largest absolute Gasteiger partial charge is 0.323 e. The average molecular weight is 191 g/mol. The summed E-state index contributed by atoms with van der Waals surface area (Å²) in [6, 6.07) is -0.928. The van der Waals surface area contributed by atoms with Gasteiger partial charge in [-0.3, -0.25) is 0 Å². The lowest BCUT2D eigenvalue weighted by Gasteiger charge is -2.31. The third-order valence-electron chi connectivity index (χ3n) is 3.29. The molecule has 0 aromatic carbocycles. The molecule has 2 unspecified atom stereocenters. The van der Waals surface area contributed by atoms with Crippen LogP contribution in [0.25, 0.3) is 0 Å². The zero-order chi connectivity index (χ0) is 9.84. The molecule has 0 aromatic rings. The van der Waals surface area contributed by atoms with Gasteiger partial charge in [-0.1, -0.05) is 39.0 Å². The number of hydrogen-bond acceptors (Lipinski definition) is 1. The zero-order valence-corrected chi connectivity index (χ0v) is 8.18. The number of nitrogens with two attached hydrogens (primary N) is 1. The van der Waals surface area contributed by atoms with Gasteiger partial charge in [0.15, 0.2) is 0 Å². The van der Waals surface area contributed by atoms with Gasteiger partial charge in [-0.2, -0.15) is 0 Å². The second-order valence-electron chi connectivity index (χ2n) is 4.17. The minimum absolute atomic E-state index is 0.0275. The van der Waals surface area contributed by atoms with Crippen molar-refractivity contribution in [2.24, 2.45) is 17.6 Å². The third-order valence-corrected chi connectivity index (χ3v) is 3.29. The molecule has 0 aromatic heterocycles. The molecule has 1 aliphatic rings. The molecular weight excluding hydrogens is 172 g/mol. The molecule has 0 radical (unpaired) electrons. The lowest BCUT2D eigenvalue weighted by Crippen LogP contribution is -2.39. The Labute approximate surface area is 78.7 Å².